The Bertz CT molecular complexity index is 1050. The zero-order valence-electron chi connectivity index (χ0n) is 19.0. The summed E-state index contributed by atoms with van der Waals surface area (Å²) in [5.41, 5.74) is 0.364. The molecule has 32 heavy (non-hydrogen) atoms. The molecule has 2 aromatic rings. The van der Waals surface area contributed by atoms with Crippen molar-refractivity contribution >= 4 is 30.4 Å². The van der Waals surface area contributed by atoms with Crippen LogP contribution in [-0.4, -0.2) is 40.5 Å². The highest BCUT2D eigenvalue weighted by Crippen LogP contribution is 2.20. The molecule has 2 rings (SSSR count). The lowest BCUT2D eigenvalue weighted by molar-refractivity contribution is -0.114. The van der Waals surface area contributed by atoms with Gasteiger partial charge in [-0.3, -0.25) is 4.79 Å². The number of carbonyl (C=O) groups is 2. The van der Waals surface area contributed by atoms with Gasteiger partial charge in [0.05, 0.1) is 0 Å². The lowest BCUT2D eigenvalue weighted by atomic mass is 10.2. The van der Waals surface area contributed by atoms with Crippen molar-refractivity contribution in [3.63, 3.8) is 0 Å². The van der Waals surface area contributed by atoms with E-state index in [0.717, 1.165) is 16.9 Å². The Morgan fingerprint density at radius 1 is 1.34 bits per heavy atom. The number of rotatable bonds is 6. The van der Waals surface area contributed by atoms with E-state index < -0.39 is 11.6 Å². The van der Waals surface area contributed by atoms with E-state index >= 15 is 0 Å². The van der Waals surface area contributed by atoms with Crippen LogP contribution in [0.2, 0.25) is 0 Å². The first-order valence-corrected chi connectivity index (χ1v) is 10.2. The number of hydrogen-bond acceptors (Lipinski definition) is 4. The fraction of sp³-hybridized carbons (Fsp3) is 0.292. The van der Waals surface area contributed by atoms with Gasteiger partial charge in [-0.2, -0.15) is 0 Å². The number of benzene rings is 1. The molecule has 0 saturated carbocycles. The Hall–Kier alpha value is -3.68. The summed E-state index contributed by atoms with van der Waals surface area (Å²) in [4.78, 5) is 28.0. The molecule has 172 valence electrons. The lowest BCUT2D eigenvalue weighted by Crippen LogP contribution is -2.37. The number of nitrogens with one attached hydrogen (secondary N) is 2. The van der Waals surface area contributed by atoms with Crippen molar-refractivity contribution in [3.8, 4) is 5.75 Å². The molecule has 1 aromatic carbocycles. The maximum atomic E-state index is 13.0. The summed E-state index contributed by atoms with van der Waals surface area (Å²) in [5, 5.41) is 16.4. The fourth-order valence-electron chi connectivity index (χ4n) is 2.55. The standard InChI is InChI=1S/C12H17FN2O2.C12H14N2O/c1-3-7-15(2)12(17)14-8-9-5-4-6-10(13)11(9)16;1-4-5-6-11-7-12(14-10(3)15)13-8-9(11)2/h4-6,16H,3,7-8H2,1-2H3,(H,14,17);4-8H,2H2,1,3H3,(H,14,15)/b;5-4-,11-6-. The van der Waals surface area contributed by atoms with E-state index in [-0.39, 0.29) is 18.5 Å². The number of carbonyl (C=O) groups excluding carboxylic acids is 2. The third kappa shape index (κ3) is 8.99. The van der Waals surface area contributed by atoms with Crippen molar-refractivity contribution in [2.24, 2.45) is 0 Å². The van der Waals surface area contributed by atoms with Gasteiger partial charge in [0.1, 0.15) is 5.82 Å². The maximum absolute atomic E-state index is 13.0. The van der Waals surface area contributed by atoms with E-state index in [2.05, 4.69) is 22.2 Å². The normalized spacial score (nSPS) is 11.0. The number of para-hydroxylation sites is 1. The first-order chi connectivity index (χ1) is 15.2. The van der Waals surface area contributed by atoms with Gasteiger partial charge >= 0.3 is 6.03 Å². The number of amides is 3. The van der Waals surface area contributed by atoms with Gasteiger partial charge in [-0.25, -0.2) is 14.2 Å². The molecule has 0 aliphatic heterocycles. The number of pyridine rings is 1. The van der Waals surface area contributed by atoms with Gasteiger partial charge in [0.2, 0.25) is 5.91 Å². The van der Waals surface area contributed by atoms with Crippen molar-refractivity contribution in [2.75, 3.05) is 18.9 Å². The number of allylic oxidation sites excluding steroid dienone is 2. The number of phenolic OH excluding ortho intramolecular Hbond substituents is 1. The molecule has 0 unspecified atom stereocenters. The largest absolute Gasteiger partial charge is 0.505 e. The highest BCUT2D eigenvalue weighted by molar-refractivity contribution is 5.87. The third-order valence-corrected chi connectivity index (χ3v) is 4.20. The third-order valence-electron chi connectivity index (χ3n) is 4.20. The Morgan fingerprint density at radius 2 is 2.06 bits per heavy atom. The molecule has 1 heterocycles. The molecule has 0 radical (unpaired) electrons. The minimum absolute atomic E-state index is 0.108. The summed E-state index contributed by atoms with van der Waals surface area (Å²) in [6.07, 6.45) is 8.28. The molecule has 0 saturated heterocycles. The van der Waals surface area contributed by atoms with Crippen molar-refractivity contribution in [3.05, 3.63) is 64.4 Å². The van der Waals surface area contributed by atoms with Crippen LogP contribution in [0.5, 0.6) is 5.75 Å². The second kappa shape index (κ2) is 13.6. The van der Waals surface area contributed by atoms with E-state index in [1.807, 2.05) is 32.1 Å². The quantitative estimate of drug-likeness (QED) is 0.641. The molecule has 0 bridgehead atoms. The SMILES string of the molecule is C=c1cnc(NC(C)=O)c/c1=C/C=C\C.CCCN(C)C(=O)NCc1cccc(F)c1O. The molecule has 3 N–H and O–H groups in total. The molecule has 3 amide bonds. The van der Waals surface area contributed by atoms with E-state index in [1.165, 1.54) is 24.0 Å². The highest BCUT2D eigenvalue weighted by atomic mass is 19.1. The lowest BCUT2D eigenvalue weighted by Gasteiger charge is -2.17. The molecular weight excluding hydrogens is 411 g/mol. The minimum Gasteiger partial charge on any atom is -0.505 e. The van der Waals surface area contributed by atoms with Crippen LogP contribution >= 0.6 is 0 Å². The van der Waals surface area contributed by atoms with Crippen LogP contribution in [0.3, 0.4) is 0 Å². The van der Waals surface area contributed by atoms with Crippen LogP contribution in [0.15, 0.2) is 42.6 Å². The van der Waals surface area contributed by atoms with E-state index in [9.17, 15) is 19.1 Å². The summed E-state index contributed by atoms with van der Waals surface area (Å²) < 4.78 is 13.0. The number of nitrogens with zero attached hydrogens (tertiary/aromatic N) is 2. The number of aromatic hydroxyl groups is 1. The monoisotopic (exact) mass is 442 g/mol. The number of phenols is 1. The van der Waals surface area contributed by atoms with Crippen molar-refractivity contribution in [2.45, 2.75) is 33.7 Å². The average molecular weight is 443 g/mol. The molecule has 0 aliphatic carbocycles. The van der Waals surface area contributed by atoms with Crippen LogP contribution in [-0.2, 0) is 11.3 Å². The predicted octanol–water partition coefficient (Wildman–Crippen LogP) is 2.89. The summed E-state index contributed by atoms with van der Waals surface area (Å²) >= 11 is 0. The number of hydrogen-bond donors (Lipinski definition) is 3. The number of anilines is 1. The van der Waals surface area contributed by atoms with Crippen LogP contribution in [0, 0.1) is 5.82 Å². The number of urea groups is 1. The van der Waals surface area contributed by atoms with Crippen LogP contribution in [0.4, 0.5) is 15.0 Å². The summed E-state index contributed by atoms with van der Waals surface area (Å²) in [7, 11) is 1.68. The smallest absolute Gasteiger partial charge is 0.317 e. The topological polar surface area (TPSA) is 94.6 Å². The molecule has 0 spiro atoms. The predicted molar refractivity (Wildman–Crippen MR) is 126 cm³/mol. The Morgan fingerprint density at radius 3 is 2.69 bits per heavy atom. The molecule has 1 aromatic heterocycles. The first-order valence-electron chi connectivity index (χ1n) is 10.2. The second-order valence-corrected chi connectivity index (χ2v) is 6.97. The Balaban J connectivity index is 0.000000323. The number of halogens is 1. The minimum atomic E-state index is -0.682. The summed E-state index contributed by atoms with van der Waals surface area (Å²) in [6.45, 7) is 9.98. The van der Waals surface area contributed by atoms with Crippen LogP contribution in [0.25, 0.3) is 12.7 Å². The zero-order valence-corrected chi connectivity index (χ0v) is 19.0. The number of aromatic nitrogens is 1. The van der Waals surface area contributed by atoms with Gasteiger partial charge in [-0.15, -0.1) is 0 Å². The summed E-state index contributed by atoms with van der Waals surface area (Å²) in [6, 6.07) is 5.79. The second-order valence-electron chi connectivity index (χ2n) is 6.97. The molecular formula is C24H31FN4O3. The van der Waals surface area contributed by atoms with E-state index in [4.69, 9.17) is 0 Å². The molecule has 7 nitrogen and oxygen atoms in total. The van der Waals surface area contributed by atoms with Gasteiger partial charge < -0.3 is 20.6 Å². The van der Waals surface area contributed by atoms with Crippen molar-refractivity contribution < 1.29 is 19.1 Å². The van der Waals surface area contributed by atoms with Crippen molar-refractivity contribution in [1.29, 1.82) is 0 Å². The van der Waals surface area contributed by atoms with E-state index in [1.54, 1.807) is 25.4 Å². The van der Waals surface area contributed by atoms with Gasteiger partial charge in [-0.1, -0.05) is 43.9 Å². The van der Waals surface area contributed by atoms with Gasteiger partial charge in [-0.05, 0) is 35.9 Å². The highest BCUT2D eigenvalue weighted by Gasteiger charge is 2.10. The Labute approximate surface area is 188 Å². The van der Waals surface area contributed by atoms with Crippen LogP contribution in [0.1, 0.15) is 32.8 Å². The fourth-order valence-corrected chi connectivity index (χ4v) is 2.55. The zero-order chi connectivity index (χ0) is 24.1. The molecule has 0 aliphatic rings. The van der Waals surface area contributed by atoms with Crippen LogP contribution < -0.4 is 21.1 Å². The Kier molecular flexibility index (Phi) is 11.2. The summed E-state index contributed by atoms with van der Waals surface area (Å²) in [5.74, 6) is -0.674. The van der Waals surface area contributed by atoms with Gasteiger partial charge in [0.25, 0.3) is 0 Å². The molecule has 0 fully saturated rings. The first kappa shape index (κ1) is 26.4. The average Bonchev–Trinajstić information content (AvgIpc) is 2.75. The van der Waals surface area contributed by atoms with Crippen molar-refractivity contribution in [1.82, 2.24) is 15.2 Å². The van der Waals surface area contributed by atoms with Gasteiger partial charge in [0.15, 0.2) is 11.6 Å². The molecule has 8 heteroatoms. The molecule has 0 atom stereocenters. The van der Waals surface area contributed by atoms with Gasteiger partial charge in [0, 0.05) is 38.8 Å². The van der Waals surface area contributed by atoms with E-state index in [0.29, 0.717) is 17.9 Å². The maximum Gasteiger partial charge on any atom is 0.317 e.